The van der Waals surface area contributed by atoms with Gasteiger partial charge in [-0.2, -0.15) is 0 Å². The molecule has 2 N–H and O–H groups in total. The van der Waals surface area contributed by atoms with Crippen LogP contribution >= 0.6 is 11.6 Å². The molecule has 1 aromatic heterocycles. The first-order chi connectivity index (χ1) is 9.08. The van der Waals surface area contributed by atoms with E-state index in [1.165, 1.54) is 12.3 Å². The molecule has 0 bridgehead atoms. The largest absolute Gasteiger partial charge is 0.508 e. The highest BCUT2D eigenvalue weighted by Crippen LogP contribution is 2.26. The van der Waals surface area contributed by atoms with E-state index in [1.807, 2.05) is 0 Å². The number of para-hydroxylation sites is 1. The van der Waals surface area contributed by atoms with E-state index in [9.17, 15) is 15.2 Å². The van der Waals surface area contributed by atoms with Crippen LogP contribution in [0.4, 0.5) is 11.5 Å². The Bertz CT molecular complexity index is 619. The number of aromatic nitrogens is 1. The lowest BCUT2D eigenvalue weighted by atomic mass is 10.2. The zero-order valence-electron chi connectivity index (χ0n) is 9.71. The second-order valence-electron chi connectivity index (χ2n) is 3.76. The molecule has 0 unspecified atom stereocenters. The summed E-state index contributed by atoms with van der Waals surface area (Å²) in [6.45, 7) is 0.224. The fourth-order valence-corrected chi connectivity index (χ4v) is 1.70. The molecule has 0 fully saturated rings. The summed E-state index contributed by atoms with van der Waals surface area (Å²) in [4.78, 5) is 14.2. The van der Waals surface area contributed by atoms with Gasteiger partial charge < -0.3 is 10.4 Å². The van der Waals surface area contributed by atoms with Crippen LogP contribution in [0.25, 0.3) is 0 Å². The molecule has 7 heteroatoms. The molecule has 2 rings (SSSR count). The van der Waals surface area contributed by atoms with Crippen molar-refractivity contribution < 1.29 is 10.0 Å². The predicted molar refractivity (Wildman–Crippen MR) is 71.3 cm³/mol. The average Bonchev–Trinajstić information content (AvgIpc) is 2.38. The van der Waals surface area contributed by atoms with E-state index < -0.39 is 4.92 Å². The third-order valence-corrected chi connectivity index (χ3v) is 2.68. The van der Waals surface area contributed by atoms with Crippen LogP contribution in [0.5, 0.6) is 5.75 Å². The van der Waals surface area contributed by atoms with Gasteiger partial charge in [0.15, 0.2) is 0 Å². The Kier molecular flexibility index (Phi) is 3.82. The number of pyridine rings is 1. The molecule has 6 nitrogen and oxygen atoms in total. The molecule has 0 saturated carbocycles. The highest BCUT2D eigenvalue weighted by Gasteiger charge is 2.15. The van der Waals surface area contributed by atoms with Crippen LogP contribution in [0.3, 0.4) is 0 Å². The van der Waals surface area contributed by atoms with Crippen molar-refractivity contribution in [3.05, 3.63) is 57.2 Å². The van der Waals surface area contributed by atoms with Crippen molar-refractivity contribution in [3.63, 3.8) is 0 Å². The Morgan fingerprint density at radius 2 is 2.16 bits per heavy atom. The van der Waals surface area contributed by atoms with E-state index in [2.05, 4.69) is 10.3 Å². The third-order valence-electron chi connectivity index (χ3n) is 2.47. The summed E-state index contributed by atoms with van der Waals surface area (Å²) in [6.07, 6.45) is 1.32. The SMILES string of the molecule is O=[N+]([O-])c1cc(Cl)cnc1NCc1ccccc1O. The monoisotopic (exact) mass is 279 g/mol. The number of benzene rings is 1. The van der Waals surface area contributed by atoms with Crippen molar-refractivity contribution in [2.75, 3.05) is 5.32 Å². The Morgan fingerprint density at radius 3 is 2.84 bits per heavy atom. The second kappa shape index (κ2) is 5.53. The molecule has 2 aromatic rings. The molecule has 0 aliphatic heterocycles. The average molecular weight is 280 g/mol. The van der Waals surface area contributed by atoms with Gasteiger partial charge >= 0.3 is 5.69 Å². The van der Waals surface area contributed by atoms with Crippen molar-refractivity contribution in [2.24, 2.45) is 0 Å². The van der Waals surface area contributed by atoms with Gasteiger partial charge in [-0.1, -0.05) is 29.8 Å². The van der Waals surface area contributed by atoms with Crippen LogP contribution in [0, 0.1) is 10.1 Å². The van der Waals surface area contributed by atoms with E-state index >= 15 is 0 Å². The molecule has 19 heavy (non-hydrogen) atoms. The molecule has 0 amide bonds. The standard InChI is InChI=1S/C12H10ClN3O3/c13-9-5-10(16(18)19)12(15-7-9)14-6-8-3-1-2-4-11(8)17/h1-5,7,17H,6H2,(H,14,15). The maximum Gasteiger partial charge on any atom is 0.312 e. The summed E-state index contributed by atoms with van der Waals surface area (Å²) in [7, 11) is 0. The van der Waals surface area contributed by atoms with Gasteiger partial charge in [-0.15, -0.1) is 0 Å². The number of hydrogen-bond donors (Lipinski definition) is 2. The predicted octanol–water partition coefficient (Wildman–Crippen LogP) is 2.96. The number of nitrogens with one attached hydrogen (secondary N) is 1. The van der Waals surface area contributed by atoms with Crippen molar-refractivity contribution in [2.45, 2.75) is 6.54 Å². The number of hydrogen-bond acceptors (Lipinski definition) is 5. The zero-order valence-corrected chi connectivity index (χ0v) is 10.5. The molecular formula is C12H10ClN3O3. The molecule has 1 aromatic carbocycles. The molecule has 0 aliphatic rings. The number of nitrogens with zero attached hydrogens (tertiary/aromatic N) is 2. The van der Waals surface area contributed by atoms with E-state index in [1.54, 1.807) is 24.3 Å². The van der Waals surface area contributed by atoms with Gasteiger partial charge in [-0.25, -0.2) is 4.98 Å². The van der Waals surface area contributed by atoms with Crippen molar-refractivity contribution in [1.29, 1.82) is 0 Å². The number of phenolic OH excluding ortho intramolecular Hbond substituents is 1. The van der Waals surface area contributed by atoms with Gasteiger partial charge in [0.25, 0.3) is 0 Å². The van der Waals surface area contributed by atoms with E-state index in [0.29, 0.717) is 5.56 Å². The van der Waals surface area contributed by atoms with Crippen LogP contribution < -0.4 is 5.32 Å². The van der Waals surface area contributed by atoms with E-state index in [4.69, 9.17) is 11.6 Å². The van der Waals surface area contributed by atoms with Crippen LogP contribution in [0.15, 0.2) is 36.5 Å². The zero-order chi connectivity index (χ0) is 13.8. The number of nitro groups is 1. The number of rotatable bonds is 4. The number of aromatic hydroxyl groups is 1. The van der Waals surface area contributed by atoms with Crippen LogP contribution in [-0.4, -0.2) is 15.0 Å². The Labute approximate surface area is 113 Å². The first kappa shape index (κ1) is 13.1. The minimum absolute atomic E-state index is 0.109. The minimum atomic E-state index is -0.563. The fraction of sp³-hybridized carbons (Fsp3) is 0.0833. The van der Waals surface area contributed by atoms with Crippen molar-refractivity contribution in [1.82, 2.24) is 4.98 Å². The van der Waals surface area contributed by atoms with Crippen LogP contribution in [0.2, 0.25) is 5.02 Å². The topological polar surface area (TPSA) is 88.3 Å². The first-order valence-corrected chi connectivity index (χ1v) is 5.76. The number of phenols is 1. The minimum Gasteiger partial charge on any atom is -0.508 e. The maximum atomic E-state index is 10.9. The summed E-state index contributed by atoms with van der Waals surface area (Å²) in [5.41, 5.74) is 0.413. The Hall–Kier alpha value is -2.34. The summed E-state index contributed by atoms with van der Waals surface area (Å²) in [6, 6.07) is 7.94. The third kappa shape index (κ3) is 3.11. The highest BCUT2D eigenvalue weighted by atomic mass is 35.5. The summed E-state index contributed by atoms with van der Waals surface area (Å²) < 4.78 is 0. The molecule has 0 aliphatic carbocycles. The van der Waals surface area contributed by atoms with Crippen LogP contribution in [0.1, 0.15) is 5.56 Å². The first-order valence-electron chi connectivity index (χ1n) is 5.38. The molecule has 1 heterocycles. The molecule has 0 saturated heterocycles. The van der Waals surface area contributed by atoms with Crippen molar-refractivity contribution >= 4 is 23.1 Å². The molecular weight excluding hydrogens is 270 g/mol. The van der Waals surface area contributed by atoms with E-state index in [-0.39, 0.29) is 28.8 Å². The lowest BCUT2D eigenvalue weighted by molar-refractivity contribution is -0.384. The van der Waals surface area contributed by atoms with Gasteiger partial charge in [0.2, 0.25) is 5.82 Å². The number of halogens is 1. The van der Waals surface area contributed by atoms with Crippen LogP contribution in [-0.2, 0) is 6.54 Å². The summed E-state index contributed by atoms with van der Waals surface area (Å²) in [5.74, 6) is 0.226. The van der Waals surface area contributed by atoms with Gasteiger partial charge in [0.05, 0.1) is 9.95 Å². The normalized spacial score (nSPS) is 10.2. The second-order valence-corrected chi connectivity index (χ2v) is 4.20. The quantitative estimate of drug-likeness (QED) is 0.663. The van der Waals surface area contributed by atoms with E-state index in [0.717, 1.165) is 0 Å². The smallest absolute Gasteiger partial charge is 0.312 e. The molecule has 0 atom stereocenters. The Morgan fingerprint density at radius 1 is 1.42 bits per heavy atom. The molecule has 0 spiro atoms. The lowest BCUT2D eigenvalue weighted by Gasteiger charge is -2.07. The Balaban J connectivity index is 2.20. The van der Waals surface area contributed by atoms with Gasteiger partial charge in [-0.3, -0.25) is 10.1 Å². The maximum absolute atomic E-state index is 10.9. The summed E-state index contributed by atoms with van der Waals surface area (Å²) in [5, 5.41) is 23.5. The number of anilines is 1. The molecule has 98 valence electrons. The van der Waals surface area contributed by atoms with Gasteiger partial charge in [0.1, 0.15) is 5.75 Å². The fourth-order valence-electron chi connectivity index (χ4n) is 1.54. The lowest BCUT2D eigenvalue weighted by Crippen LogP contribution is -2.04. The highest BCUT2D eigenvalue weighted by molar-refractivity contribution is 6.30. The van der Waals surface area contributed by atoms with Crippen molar-refractivity contribution in [3.8, 4) is 5.75 Å². The van der Waals surface area contributed by atoms with Gasteiger partial charge in [0, 0.05) is 24.4 Å². The summed E-state index contributed by atoms with van der Waals surface area (Å²) >= 11 is 5.67. The van der Waals surface area contributed by atoms with Gasteiger partial charge in [-0.05, 0) is 6.07 Å². The molecule has 0 radical (unpaired) electrons.